The first-order valence-corrected chi connectivity index (χ1v) is 8.95. The zero-order chi connectivity index (χ0) is 17.5. The highest BCUT2D eigenvalue weighted by Crippen LogP contribution is 2.27. The van der Waals surface area contributed by atoms with Crippen LogP contribution in [-0.4, -0.2) is 29.3 Å². The lowest BCUT2D eigenvalue weighted by atomic mass is 10.1. The van der Waals surface area contributed by atoms with Gasteiger partial charge in [0.15, 0.2) is 0 Å². The molecule has 1 aromatic heterocycles. The lowest BCUT2D eigenvalue weighted by Crippen LogP contribution is -2.33. The van der Waals surface area contributed by atoms with E-state index in [-0.39, 0.29) is 17.7 Å². The fraction of sp³-hybridized carbons (Fsp3) is 0.389. The molecule has 2 aromatic rings. The summed E-state index contributed by atoms with van der Waals surface area (Å²) in [5, 5.41) is 13.7. The molecule has 1 unspecified atom stereocenters. The third-order valence-corrected chi connectivity index (χ3v) is 4.53. The number of benzene rings is 1. The van der Waals surface area contributed by atoms with Crippen LogP contribution in [0.2, 0.25) is 0 Å². The lowest BCUT2D eigenvalue weighted by Gasteiger charge is -2.11. The van der Waals surface area contributed by atoms with Gasteiger partial charge in [0.2, 0.25) is 5.91 Å². The number of nitrogens with one attached hydrogen (secondary N) is 1. The smallest absolute Gasteiger partial charge is 0.230 e. The van der Waals surface area contributed by atoms with E-state index in [0.29, 0.717) is 17.2 Å². The number of ether oxygens (including phenoxy) is 1. The number of nitrogens with zero attached hydrogens (tertiary/aromatic N) is 2. The Balaban J connectivity index is 2.19. The molecule has 1 atom stereocenters. The molecule has 0 aliphatic rings. The number of pyridine rings is 1. The van der Waals surface area contributed by atoms with Crippen LogP contribution in [0.25, 0.3) is 10.9 Å². The minimum Gasteiger partial charge on any atom is -0.494 e. The fourth-order valence-electron chi connectivity index (χ4n) is 2.14. The molecule has 1 N–H and O–H groups in total. The summed E-state index contributed by atoms with van der Waals surface area (Å²) in [4.78, 5) is 16.4. The van der Waals surface area contributed by atoms with Gasteiger partial charge in [-0.05, 0) is 44.5 Å². The Labute approximate surface area is 146 Å². The first-order chi connectivity index (χ1) is 11.6. The normalized spacial score (nSPS) is 11.8. The third-order valence-electron chi connectivity index (χ3n) is 3.54. The van der Waals surface area contributed by atoms with Crippen LogP contribution in [-0.2, 0) is 4.79 Å². The number of hydrogen-bond acceptors (Lipinski definition) is 5. The number of fused-ring (bicyclic) bond motifs is 1. The van der Waals surface area contributed by atoms with Crippen LogP contribution < -0.4 is 10.1 Å². The number of aromatic nitrogens is 1. The molecule has 1 amide bonds. The summed E-state index contributed by atoms with van der Waals surface area (Å²) >= 11 is 1.28. The highest BCUT2D eigenvalue weighted by molar-refractivity contribution is 8.00. The largest absolute Gasteiger partial charge is 0.494 e. The van der Waals surface area contributed by atoms with Gasteiger partial charge in [-0.15, -0.1) is 0 Å². The highest BCUT2D eigenvalue weighted by Gasteiger charge is 2.12. The van der Waals surface area contributed by atoms with Crippen LogP contribution in [0, 0.1) is 11.3 Å². The zero-order valence-electron chi connectivity index (χ0n) is 14.1. The molecule has 0 fully saturated rings. The minimum atomic E-state index is -0.0492. The molecule has 0 spiro atoms. The molecule has 0 aliphatic heterocycles. The molecule has 0 aliphatic carbocycles. The fourth-order valence-corrected chi connectivity index (χ4v) is 2.91. The Morgan fingerprint density at radius 1 is 1.42 bits per heavy atom. The van der Waals surface area contributed by atoms with Gasteiger partial charge in [-0.1, -0.05) is 18.7 Å². The average Bonchev–Trinajstić information content (AvgIpc) is 2.59. The predicted molar refractivity (Wildman–Crippen MR) is 96.2 cm³/mol. The number of rotatable bonds is 7. The van der Waals surface area contributed by atoms with E-state index >= 15 is 0 Å². The van der Waals surface area contributed by atoms with E-state index in [2.05, 4.69) is 16.4 Å². The van der Waals surface area contributed by atoms with Crippen molar-refractivity contribution in [2.45, 2.75) is 38.3 Å². The van der Waals surface area contributed by atoms with Crippen molar-refractivity contribution in [3.8, 4) is 11.8 Å². The second-order valence-corrected chi connectivity index (χ2v) is 6.37. The minimum absolute atomic E-state index is 0.0492. The van der Waals surface area contributed by atoms with Crippen LogP contribution in [0.1, 0.15) is 32.8 Å². The van der Waals surface area contributed by atoms with Crippen molar-refractivity contribution >= 4 is 28.6 Å². The van der Waals surface area contributed by atoms with E-state index in [1.807, 2.05) is 39.0 Å². The van der Waals surface area contributed by atoms with E-state index < -0.39 is 0 Å². The van der Waals surface area contributed by atoms with Gasteiger partial charge in [-0.25, -0.2) is 4.98 Å². The number of carbonyl (C=O) groups excluding carboxylic acids is 1. The van der Waals surface area contributed by atoms with Crippen LogP contribution in [0.4, 0.5) is 0 Å². The maximum Gasteiger partial charge on any atom is 0.230 e. The van der Waals surface area contributed by atoms with E-state index in [9.17, 15) is 10.1 Å². The Morgan fingerprint density at radius 2 is 2.21 bits per heavy atom. The maximum atomic E-state index is 11.9. The van der Waals surface area contributed by atoms with Crippen LogP contribution in [0.3, 0.4) is 0 Å². The van der Waals surface area contributed by atoms with Gasteiger partial charge >= 0.3 is 0 Å². The summed E-state index contributed by atoms with van der Waals surface area (Å²) in [7, 11) is 0. The second kappa shape index (κ2) is 8.55. The highest BCUT2D eigenvalue weighted by atomic mass is 32.2. The van der Waals surface area contributed by atoms with E-state index in [4.69, 9.17) is 4.74 Å². The van der Waals surface area contributed by atoms with Crippen molar-refractivity contribution in [1.82, 2.24) is 10.3 Å². The molecular weight excluding hydrogens is 322 g/mol. The SMILES string of the molecule is CCOc1ccc2nc(SCC(=O)NC(C)CC)c(C#N)cc2c1. The number of hydrogen-bond donors (Lipinski definition) is 1. The van der Waals surface area contributed by atoms with Crippen molar-refractivity contribution in [1.29, 1.82) is 5.26 Å². The van der Waals surface area contributed by atoms with Gasteiger partial charge in [0.05, 0.1) is 23.4 Å². The molecule has 126 valence electrons. The van der Waals surface area contributed by atoms with E-state index in [0.717, 1.165) is 23.1 Å². The molecular formula is C18H21N3O2S. The molecule has 6 heteroatoms. The van der Waals surface area contributed by atoms with Crippen LogP contribution in [0.15, 0.2) is 29.3 Å². The van der Waals surface area contributed by atoms with Gasteiger partial charge in [0.1, 0.15) is 16.8 Å². The summed E-state index contributed by atoms with van der Waals surface area (Å²) in [5.41, 5.74) is 1.25. The third kappa shape index (κ3) is 4.62. The first-order valence-electron chi connectivity index (χ1n) is 7.97. The molecule has 5 nitrogen and oxygen atoms in total. The lowest BCUT2D eigenvalue weighted by molar-refractivity contribution is -0.119. The topological polar surface area (TPSA) is 75.0 Å². The number of thioether (sulfide) groups is 1. The molecule has 0 radical (unpaired) electrons. The molecule has 0 bridgehead atoms. The standard InChI is InChI=1S/C18H21N3O2S/c1-4-12(3)20-17(22)11-24-18-14(10-19)8-13-9-15(23-5-2)6-7-16(13)21-18/h6-9,12H,4-5,11H2,1-3H3,(H,20,22). The summed E-state index contributed by atoms with van der Waals surface area (Å²) in [6.07, 6.45) is 0.885. The van der Waals surface area contributed by atoms with Gasteiger partial charge in [-0.2, -0.15) is 5.26 Å². The molecule has 0 saturated carbocycles. The number of nitriles is 1. The Bertz CT molecular complexity index is 771. The first kappa shape index (κ1) is 18.1. The van der Waals surface area contributed by atoms with Crippen molar-refractivity contribution in [3.63, 3.8) is 0 Å². The Morgan fingerprint density at radius 3 is 2.88 bits per heavy atom. The van der Waals surface area contributed by atoms with Crippen LogP contribution in [0.5, 0.6) is 5.75 Å². The number of carbonyl (C=O) groups is 1. The summed E-state index contributed by atoms with van der Waals surface area (Å²) in [6.45, 7) is 6.50. The molecule has 24 heavy (non-hydrogen) atoms. The van der Waals surface area contributed by atoms with Gasteiger partial charge in [0.25, 0.3) is 0 Å². The molecule has 1 aromatic carbocycles. The quantitative estimate of drug-likeness (QED) is 0.779. The zero-order valence-corrected chi connectivity index (χ0v) is 14.9. The van der Waals surface area contributed by atoms with E-state index in [1.54, 1.807) is 6.07 Å². The monoisotopic (exact) mass is 343 g/mol. The van der Waals surface area contributed by atoms with E-state index in [1.165, 1.54) is 11.8 Å². The molecule has 0 saturated heterocycles. The van der Waals surface area contributed by atoms with Gasteiger partial charge < -0.3 is 10.1 Å². The van der Waals surface area contributed by atoms with Crippen LogP contribution >= 0.6 is 11.8 Å². The Hall–Kier alpha value is -2.26. The summed E-state index contributed by atoms with van der Waals surface area (Å²) in [6, 6.07) is 9.69. The van der Waals surface area contributed by atoms with Gasteiger partial charge in [0, 0.05) is 11.4 Å². The van der Waals surface area contributed by atoms with Crippen molar-refractivity contribution < 1.29 is 9.53 Å². The Kier molecular flexibility index (Phi) is 6.44. The summed E-state index contributed by atoms with van der Waals surface area (Å²) in [5.74, 6) is 0.949. The van der Waals surface area contributed by atoms with Crippen molar-refractivity contribution in [3.05, 3.63) is 29.8 Å². The average molecular weight is 343 g/mol. The van der Waals surface area contributed by atoms with Crippen molar-refractivity contribution in [2.75, 3.05) is 12.4 Å². The molecule has 1 heterocycles. The molecule has 2 rings (SSSR count). The van der Waals surface area contributed by atoms with Gasteiger partial charge in [-0.3, -0.25) is 4.79 Å². The second-order valence-electron chi connectivity index (χ2n) is 5.41. The maximum absolute atomic E-state index is 11.9. The predicted octanol–water partition coefficient (Wildman–Crippen LogP) is 3.51. The summed E-state index contributed by atoms with van der Waals surface area (Å²) < 4.78 is 5.48. The van der Waals surface area contributed by atoms with Crippen molar-refractivity contribution in [2.24, 2.45) is 0 Å². The number of amides is 1.